The third kappa shape index (κ3) is 3.42. The highest BCUT2D eigenvalue weighted by Gasteiger charge is 2.16. The van der Waals surface area contributed by atoms with Crippen molar-refractivity contribution in [3.63, 3.8) is 0 Å². The van der Waals surface area contributed by atoms with Crippen molar-refractivity contribution in [3.05, 3.63) is 140 Å². The minimum atomic E-state index is 0.555. The van der Waals surface area contributed by atoms with Gasteiger partial charge in [-0.05, 0) is 64.4 Å². The van der Waals surface area contributed by atoms with Crippen molar-refractivity contribution in [3.8, 4) is 28.1 Å². The van der Waals surface area contributed by atoms with Crippen LogP contribution in [0.5, 0.6) is 0 Å². The fourth-order valence-electron chi connectivity index (χ4n) is 6.30. The number of benzene rings is 6. The molecule has 0 aliphatic rings. The van der Waals surface area contributed by atoms with Gasteiger partial charge in [-0.3, -0.25) is 0 Å². The SMILES string of the molecule is c1ccc(-n2c3ccccc3c3cc(-c4cccc(-c5cnc6c(n5)oc5ccc7ccccc7c56)c4)ccc32)cc1. The molecule has 42 heavy (non-hydrogen) atoms. The van der Waals surface area contributed by atoms with Gasteiger partial charge < -0.3 is 8.98 Å². The van der Waals surface area contributed by atoms with Crippen molar-refractivity contribution in [2.75, 3.05) is 0 Å². The first-order valence-corrected chi connectivity index (χ1v) is 14.1. The number of hydrogen-bond acceptors (Lipinski definition) is 3. The van der Waals surface area contributed by atoms with Crippen LogP contribution in [-0.4, -0.2) is 14.5 Å². The number of rotatable bonds is 3. The number of fused-ring (bicyclic) bond motifs is 8. The molecule has 9 aromatic rings. The van der Waals surface area contributed by atoms with E-state index >= 15 is 0 Å². The third-order valence-electron chi connectivity index (χ3n) is 8.25. The second-order valence-electron chi connectivity index (χ2n) is 10.7. The third-order valence-corrected chi connectivity index (χ3v) is 8.25. The standard InChI is InChI=1S/C38H23N3O/c1-2-12-28(13-3-1)41-33-16-7-6-15-30(33)31-22-26(17-19-34(31)41)25-10-8-11-27(21-25)32-23-39-37-36-29-14-5-4-9-24(29)18-20-35(36)42-38(37)40-32/h1-23H. The van der Waals surface area contributed by atoms with Crippen LogP contribution < -0.4 is 0 Å². The van der Waals surface area contributed by atoms with E-state index in [-0.39, 0.29) is 0 Å². The maximum atomic E-state index is 6.19. The molecular weight excluding hydrogens is 514 g/mol. The van der Waals surface area contributed by atoms with Gasteiger partial charge in [0.15, 0.2) is 0 Å². The molecule has 196 valence electrons. The molecule has 0 aliphatic carbocycles. The molecule has 4 heteroatoms. The van der Waals surface area contributed by atoms with Crippen LogP contribution in [-0.2, 0) is 0 Å². The van der Waals surface area contributed by atoms with Crippen LogP contribution in [0.4, 0.5) is 0 Å². The molecule has 0 N–H and O–H groups in total. The molecule has 0 bridgehead atoms. The Balaban J connectivity index is 1.17. The second-order valence-corrected chi connectivity index (χ2v) is 10.7. The van der Waals surface area contributed by atoms with Crippen LogP contribution in [0, 0.1) is 0 Å². The Hall–Kier alpha value is -5.74. The predicted molar refractivity (Wildman–Crippen MR) is 172 cm³/mol. The Labute approximate surface area is 241 Å². The maximum Gasteiger partial charge on any atom is 0.246 e. The molecular formula is C38H23N3O. The average molecular weight is 538 g/mol. The zero-order valence-electron chi connectivity index (χ0n) is 22.5. The summed E-state index contributed by atoms with van der Waals surface area (Å²) >= 11 is 0. The van der Waals surface area contributed by atoms with E-state index in [0.29, 0.717) is 5.71 Å². The van der Waals surface area contributed by atoms with Crippen LogP contribution in [0.3, 0.4) is 0 Å². The maximum absolute atomic E-state index is 6.19. The summed E-state index contributed by atoms with van der Waals surface area (Å²) in [5.41, 5.74) is 9.77. The highest BCUT2D eigenvalue weighted by Crippen LogP contribution is 2.37. The van der Waals surface area contributed by atoms with Gasteiger partial charge in [0.1, 0.15) is 11.1 Å². The summed E-state index contributed by atoms with van der Waals surface area (Å²) in [6.07, 6.45) is 1.86. The van der Waals surface area contributed by atoms with Crippen molar-refractivity contribution in [1.82, 2.24) is 14.5 Å². The minimum absolute atomic E-state index is 0.555. The van der Waals surface area contributed by atoms with Gasteiger partial charge in [-0.25, -0.2) is 9.97 Å². The van der Waals surface area contributed by atoms with Crippen LogP contribution in [0.25, 0.3) is 82.8 Å². The molecule has 3 aromatic heterocycles. The van der Waals surface area contributed by atoms with Gasteiger partial charge in [0, 0.05) is 22.0 Å². The molecule has 4 nitrogen and oxygen atoms in total. The number of hydrogen-bond donors (Lipinski definition) is 0. The molecule has 0 radical (unpaired) electrons. The summed E-state index contributed by atoms with van der Waals surface area (Å²) in [4.78, 5) is 9.77. The lowest BCUT2D eigenvalue weighted by atomic mass is 10.00. The van der Waals surface area contributed by atoms with Gasteiger partial charge in [-0.15, -0.1) is 0 Å². The lowest BCUT2D eigenvalue weighted by Gasteiger charge is -2.09. The summed E-state index contributed by atoms with van der Waals surface area (Å²) in [6.45, 7) is 0. The number of para-hydroxylation sites is 2. The average Bonchev–Trinajstić information content (AvgIpc) is 3.60. The minimum Gasteiger partial charge on any atom is -0.436 e. The summed E-state index contributed by atoms with van der Waals surface area (Å²) in [7, 11) is 0. The van der Waals surface area contributed by atoms with Gasteiger partial charge in [0.25, 0.3) is 0 Å². The number of furan rings is 1. The molecule has 0 amide bonds. The van der Waals surface area contributed by atoms with Gasteiger partial charge in [0.2, 0.25) is 5.71 Å². The summed E-state index contributed by atoms with van der Waals surface area (Å²) in [5.74, 6) is 0. The van der Waals surface area contributed by atoms with Crippen LogP contribution >= 0.6 is 0 Å². The molecule has 0 spiro atoms. The summed E-state index contributed by atoms with van der Waals surface area (Å²) in [5, 5.41) is 5.77. The van der Waals surface area contributed by atoms with E-state index in [2.05, 4.69) is 120 Å². The van der Waals surface area contributed by atoms with Crippen molar-refractivity contribution < 1.29 is 4.42 Å². The van der Waals surface area contributed by atoms with Crippen molar-refractivity contribution in [2.24, 2.45) is 0 Å². The van der Waals surface area contributed by atoms with Gasteiger partial charge in [-0.2, -0.15) is 0 Å². The Morgan fingerprint density at radius 1 is 0.548 bits per heavy atom. The van der Waals surface area contributed by atoms with E-state index in [1.165, 1.54) is 21.8 Å². The normalized spacial score (nSPS) is 11.8. The van der Waals surface area contributed by atoms with Crippen molar-refractivity contribution in [2.45, 2.75) is 0 Å². The van der Waals surface area contributed by atoms with E-state index in [4.69, 9.17) is 14.4 Å². The fraction of sp³-hybridized carbons (Fsp3) is 0. The molecule has 6 aromatic carbocycles. The Morgan fingerprint density at radius 2 is 1.31 bits per heavy atom. The molecule has 9 rings (SSSR count). The first-order valence-electron chi connectivity index (χ1n) is 14.1. The Kier molecular flexibility index (Phi) is 4.87. The number of aromatic nitrogens is 3. The van der Waals surface area contributed by atoms with Crippen molar-refractivity contribution >= 4 is 54.8 Å². The molecule has 0 fully saturated rings. The Bertz CT molecular complexity index is 2470. The molecule has 0 saturated heterocycles. The zero-order chi connectivity index (χ0) is 27.6. The highest BCUT2D eigenvalue weighted by atomic mass is 16.3. The first kappa shape index (κ1) is 23.0. The molecule has 3 heterocycles. The van der Waals surface area contributed by atoms with Crippen molar-refractivity contribution in [1.29, 1.82) is 0 Å². The topological polar surface area (TPSA) is 43.9 Å². The smallest absolute Gasteiger partial charge is 0.246 e. The molecule has 0 saturated carbocycles. The molecule has 0 aliphatic heterocycles. The lowest BCUT2D eigenvalue weighted by molar-refractivity contribution is 0.654. The van der Waals surface area contributed by atoms with E-state index in [1.54, 1.807) is 0 Å². The largest absolute Gasteiger partial charge is 0.436 e. The van der Waals surface area contributed by atoms with Crippen LogP contribution in [0.15, 0.2) is 144 Å². The van der Waals surface area contributed by atoms with Crippen LogP contribution in [0.1, 0.15) is 0 Å². The van der Waals surface area contributed by atoms with Crippen LogP contribution in [0.2, 0.25) is 0 Å². The van der Waals surface area contributed by atoms with Gasteiger partial charge >= 0.3 is 0 Å². The van der Waals surface area contributed by atoms with Gasteiger partial charge in [-0.1, -0.05) is 91.0 Å². The van der Waals surface area contributed by atoms with E-state index < -0.39 is 0 Å². The summed E-state index contributed by atoms with van der Waals surface area (Å²) in [6, 6.07) is 46.8. The quantitative estimate of drug-likeness (QED) is 0.225. The lowest BCUT2D eigenvalue weighted by Crippen LogP contribution is -1.92. The fourth-order valence-corrected chi connectivity index (χ4v) is 6.30. The number of nitrogens with zero attached hydrogens (tertiary/aromatic N) is 3. The zero-order valence-corrected chi connectivity index (χ0v) is 22.5. The van der Waals surface area contributed by atoms with Gasteiger partial charge in [0.05, 0.1) is 28.3 Å². The highest BCUT2D eigenvalue weighted by molar-refractivity contribution is 6.17. The molecule has 0 unspecified atom stereocenters. The second kappa shape index (κ2) is 8.88. The van der Waals surface area contributed by atoms with E-state index in [1.807, 2.05) is 24.4 Å². The Morgan fingerprint density at radius 3 is 2.24 bits per heavy atom. The van der Waals surface area contributed by atoms with E-state index in [0.717, 1.165) is 55.3 Å². The first-order chi connectivity index (χ1) is 20.8. The van der Waals surface area contributed by atoms with E-state index in [9.17, 15) is 0 Å². The molecule has 0 atom stereocenters. The predicted octanol–water partition coefficient (Wildman–Crippen LogP) is 9.96. The summed E-state index contributed by atoms with van der Waals surface area (Å²) < 4.78 is 8.53. The monoisotopic (exact) mass is 537 g/mol.